The maximum atomic E-state index is 12.1. The van der Waals surface area contributed by atoms with Crippen LogP contribution in [-0.2, 0) is 0 Å². The Labute approximate surface area is 117 Å². The Bertz CT molecular complexity index is 538. The second-order valence-electron chi connectivity index (χ2n) is 5.28. The number of nitro groups is 1. The van der Waals surface area contributed by atoms with E-state index in [1.165, 1.54) is 18.2 Å². The number of nitrogens with zero attached hydrogens (tertiary/aromatic N) is 1. The van der Waals surface area contributed by atoms with Crippen LogP contribution < -0.4 is 10.6 Å². The van der Waals surface area contributed by atoms with E-state index >= 15 is 0 Å². The Morgan fingerprint density at radius 1 is 1.45 bits per heavy atom. The van der Waals surface area contributed by atoms with Crippen molar-refractivity contribution in [2.24, 2.45) is 5.41 Å². The number of amides is 1. The first kappa shape index (κ1) is 14.3. The minimum Gasteiger partial charge on any atom is -0.383 e. The number of benzene rings is 1. The van der Waals surface area contributed by atoms with Crippen LogP contribution in [0.5, 0.6) is 0 Å². The first-order valence-electron chi connectivity index (χ1n) is 6.76. The minimum absolute atomic E-state index is 0.0312. The summed E-state index contributed by atoms with van der Waals surface area (Å²) in [5.41, 5.74) is 1.03. The van der Waals surface area contributed by atoms with Gasteiger partial charge in [-0.25, -0.2) is 0 Å². The zero-order valence-electron chi connectivity index (χ0n) is 11.7. The SMILES string of the molecule is CCC1(CNC(=O)c2ccc([N+](=O)[O-])c(NC)c2)CC1. The van der Waals surface area contributed by atoms with Gasteiger partial charge in [-0.05, 0) is 36.8 Å². The van der Waals surface area contributed by atoms with Crippen molar-refractivity contribution < 1.29 is 9.72 Å². The number of anilines is 1. The van der Waals surface area contributed by atoms with Crippen LogP contribution in [0.4, 0.5) is 11.4 Å². The first-order valence-corrected chi connectivity index (χ1v) is 6.76. The van der Waals surface area contributed by atoms with Crippen LogP contribution in [0.3, 0.4) is 0 Å². The molecule has 1 aromatic rings. The normalized spacial score (nSPS) is 15.5. The summed E-state index contributed by atoms with van der Waals surface area (Å²) < 4.78 is 0. The van der Waals surface area contributed by atoms with Crippen molar-refractivity contribution in [3.8, 4) is 0 Å². The van der Waals surface area contributed by atoms with Crippen molar-refractivity contribution in [3.63, 3.8) is 0 Å². The molecule has 1 aliphatic rings. The number of hydrogen-bond donors (Lipinski definition) is 2. The Morgan fingerprint density at radius 3 is 2.65 bits per heavy atom. The molecule has 1 fully saturated rings. The van der Waals surface area contributed by atoms with Gasteiger partial charge in [0.1, 0.15) is 5.69 Å². The zero-order valence-corrected chi connectivity index (χ0v) is 11.7. The van der Waals surface area contributed by atoms with Crippen LogP contribution in [-0.4, -0.2) is 24.4 Å². The van der Waals surface area contributed by atoms with Crippen LogP contribution in [0.25, 0.3) is 0 Å². The van der Waals surface area contributed by atoms with Gasteiger partial charge in [0, 0.05) is 25.2 Å². The monoisotopic (exact) mass is 277 g/mol. The number of carbonyl (C=O) groups is 1. The van der Waals surface area contributed by atoms with Crippen LogP contribution in [0, 0.1) is 15.5 Å². The lowest BCUT2D eigenvalue weighted by molar-refractivity contribution is -0.383. The quantitative estimate of drug-likeness (QED) is 0.618. The van der Waals surface area contributed by atoms with Gasteiger partial charge >= 0.3 is 0 Å². The van der Waals surface area contributed by atoms with Gasteiger partial charge in [-0.15, -0.1) is 0 Å². The van der Waals surface area contributed by atoms with Crippen molar-refractivity contribution in [2.75, 3.05) is 18.9 Å². The summed E-state index contributed by atoms with van der Waals surface area (Å²) in [6, 6.07) is 4.35. The molecule has 0 radical (unpaired) electrons. The molecule has 1 saturated carbocycles. The molecule has 1 amide bonds. The molecule has 2 rings (SSSR count). The van der Waals surface area contributed by atoms with E-state index < -0.39 is 4.92 Å². The van der Waals surface area contributed by atoms with Gasteiger partial charge in [0.15, 0.2) is 0 Å². The first-order chi connectivity index (χ1) is 9.51. The van der Waals surface area contributed by atoms with Crippen molar-refractivity contribution in [1.29, 1.82) is 0 Å². The van der Waals surface area contributed by atoms with Crippen molar-refractivity contribution in [2.45, 2.75) is 26.2 Å². The molecule has 1 aromatic carbocycles. The molecule has 6 nitrogen and oxygen atoms in total. The van der Waals surface area contributed by atoms with Gasteiger partial charge in [0.2, 0.25) is 0 Å². The summed E-state index contributed by atoms with van der Waals surface area (Å²) in [5.74, 6) is -0.184. The average molecular weight is 277 g/mol. The van der Waals surface area contributed by atoms with Crippen LogP contribution in [0.2, 0.25) is 0 Å². The van der Waals surface area contributed by atoms with Gasteiger partial charge in [0.25, 0.3) is 11.6 Å². The molecule has 0 heterocycles. The zero-order chi connectivity index (χ0) is 14.8. The highest BCUT2D eigenvalue weighted by Crippen LogP contribution is 2.47. The minimum atomic E-state index is -0.468. The molecule has 0 spiro atoms. The predicted octanol–water partition coefficient (Wildman–Crippen LogP) is 2.56. The second kappa shape index (κ2) is 5.48. The molecule has 0 aliphatic heterocycles. The molecule has 6 heteroatoms. The smallest absolute Gasteiger partial charge is 0.292 e. The van der Waals surface area contributed by atoms with Crippen LogP contribution >= 0.6 is 0 Å². The summed E-state index contributed by atoms with van der Waals surface area (Å²) in [6.07, 6.45) is 3.38. The molecule has 20 heavy (non-hydrogen) atoms. The molecular formula is C14H19N3O3. The van der Waals surface area contributed by atoms with E-state index in [1.54, 1.807) is 7.05 Å². The van der Waals surface area contributed by atoms with Gasteiger partial charge in [-0.2, -0.15) is 0 Å². The molecule has 0 bridgehead atoms. The Hall–Kier alpha value is -2.11. The largest absolute Gasteiger partial charge is 0.383 e. The second-order valence-corrected chi connectivity index (χ2v) is 5.28. The average Bonchev–Trinajstić information content (AvgIpc) is 3.24. The number of nitrogens with one attached hydrogen (secondary N) is 2. The molecule has 0 atom stereocenters. The fourth-order valence-corrected chi connectivity index (χ4v) is 2.24. The summed E-state index contributed by atoms with van der Waals surface area (Å²) >= 11 is 0. The highest BCUT2D eigenvalue weighted by Gasteiger charge is 2.40. The third-order valence-electron chi connectivity index (χ3n) is 4.06. The summed E-state index contributed by atoms with van der Waals surface area (Å²) in [6.45, 7) is 2.80. The van der Waals surface area contributed by atoms with Gasteiger partial charge in [-0.3, -0.25) is 14.9 Å². The third kappa shape index (κ3) is 2.89. The molecule has 0 unspecified atom stereocenters. The number of rotatable bonds is 6. The summed E-state index contributed by atoms with van der Waals surface area (Å²) in [7, 11) is 1.60. The Balaban J connectivity index is 2.08. The third-order valence-corrected chi connectivity index (χ3v) is 4.06. The summed E-state index contributed by atoms with van der Waals surface area (Å²) in [5, 5.41) is 16.5. The van der Waals surface area contributed by atoms with E-state index in [1.807, 2.05) is 0 Å². The van der Waals surface area contributed by atoms with Crippen molar-refractivity contribution >= 4 is 17.3 Å². The molecule has 2 N–H and O–H groups in total. The Kier molecular flexibility index (Phi) is 3.92. The number of carbonyl (C=O) groups excluding carboxylic acids is 1. The molecular weight excluding hydrogens is 258 g/mol. The van der Waals surface area contributed by atoms with Gasteiger partial charge in [0.05, 0.1) is 4.92 Å². The van der Waals surface area contributed by atoms with E-state index in [-0.39, 0.29) is 17.0 Å². The van der Waals surface area contributed by atoms with Crippen LogP contribution in [0.1, 0.15) is 36.5 Å². The lowest BCUT2D eigenvalue weighted by atomic mass is 10.0. The number of hydrogen-bond acceptors (Lipinski definition) is 4. The van der Waals surface area contributed by atoms with E-state index in [0.29, 0.717) is 17.8 Å². The fourth-order valence-electron chi connectivity index (χ4n) is 2.24. The van der Waals surface area contributed by atoms with E-state index in [2.05, 4.69) is 17.6 Å². The maximum absolute atomic E-state index is 12.1. The van der Waals surface area contributed by atoms with Gasteiger partial charge in [-0.1, -0.05) is 6.92 Å². The molecule has 1 aliphatic carbocycles. The predicted molar refractivity (Wildman–Crippen MR) is 76.9 cm³/mol. The van der Waals surface area contributed by atoms with Gasteiger partial charge < -0.3 is 10.6 Å². The van der Waals surface area contributed by atoms with E-state index in [9.17, 15) is 14.9 Å². The lowest BCUT2D eigenvalue weighted by Gasteiger charge is -2.13. The standard InChI is InChI=1S/C14H19N3O3/c1-3-14(6-7-14)9-16-13(18)10-4-5-12(17(19)20)11(8-10)15-2/h4-5,8,15H,3,6-7,9H2,1-2H3,(H,16,18). The van der Waals surface area contributed by atoms with E-state index in [4.69, 9.17) is 0 Å². The molecule has 0 saturated heterocycles. The van der Waals surface area contributed by atoms with E-state index in [0.717, 1.165) is 19.3 Å². The maximum Gasteiger partial charge on any atom is 0.292 e. The Morgan fingerprint density at radius 2 is 2.15 bits per heavy atom. The fraction of sp³-hybridized carbons (Fsp3) is 0.500. The topological polar surface area (TPSA) is 84.3 Å². The van der Waals surface area contributed by atoms with Crippen LogP contribution in [0.15, 0.2) is 18.2 Å². The number of nitro benzene ring substituents is 1. The molecule has 108 valence electrons. The lowest BCUT2D eigenvalue weighted by Crippen LogP contribution is -2.30. The highest BCUT2D eigenvalue weighted by molar-refractivity contribution is 5.95. The van der Waals surface area contributed by atoms with Crippen molar-refractivity contribution in [1.82, 2.24) is 5.32 Å². The molecule has 0 aromatic heterocycles. The summed E-state index contributed by atoms with van der Waals surface area (Å²) in [4.78, 5) is 22.4. The highest BCUT2D eigenvalue weighted by atomic mass is 16.6. The van der Waals surface area contributed by atoms with Crippen molar-refractivity contribution in [3.05, 3.63) is 33.9 Å².